The molecule has 3 aromatic carbocycles. The second-order valence-corrected chi connectivity index (χ2v) is 10.2. The van der Waals surface area contributed by atoms with Crippen molar-refractivity contribution in [3.05, 3.63) is 108 Å². The van der Waals surface area contributed by atoms with Crippen molar-refractivity contribution in [1.82, 2.24) is 0 Å². The molecule has 1 aliphatic rings. The third kappa shape index (κ3) is 8.54. The number of rotatable bonds is 11. The van der Waals surface area contributed by atoms with Crippen molar-refractivity contribution in [2.45, 2.75) is 77.2 Å². The van der Waals surface area contributed by atoms with Crippen molar-refractivity contribution in [3.63, 3.8) is 0 Å². The average molecular weight is 491 g/mol. The molecule has 0 aromatic heterocycles. The number of ether oxygens (including phenoxy) is 5. The van der Waals surface area contributed by atoms with Gasteiger partial charge in [0.25, 0.3) is 0 Å². The summed E-state index contributed by atoms with van der Waals surface area (Å²) in [5.41, 5.74) is 3.00. The van der Waals surface area contributed by atoms with Crippen molar-refractivity contribution in [2.24, 2.45) is 0 Å². The largest absolute Gasteiger partial charge is 0.374 e. The summed E-state index contributed by atoms with van der Waals surface area (Å²) in [6, 6.07) is 30.5. The monoisotopic (exact) mass is 490 g/mol. The maximum atomic E-state index is 6.48. The smallest absolute Gasteiger partial charge is 0.161 e. The Morgan fingerprint density at radius 3 is 1.72 bits per heavy atom. The third-order valence-electron chi connectivity index (χ3n) is 5.96. The van der Waals surface area contributed by atoms with Crippen LogP contribution in [0.3, 0.4) is 0 Å². The molecule has 1 saturated heterocycles. The van der Waals surface area contributed by atoms with Crippen LogP contribution >= 0.6 is 0 Å². The maximum Gasteiger partial charge on any atom is 0.161 e. The Bertz CT molecular complexity index is 1000. The first-order valence-corrected chi connectivity index (χ1v) is 12.7. The fourth-order valence-corrected chi connectivity index (χ4v) is 4.28. The molecule has 0 spiro atoms. The molecule has 1 fully saturated rings. The minimum Gasteiger partial charge on any atom is -0.374 e. The highest BCUT2D eigenvalue weighted by atomic mass is 16.7. The van der Waals surface area contributed by atoms with Crippen LogP contribution in [0.1, 0.15) is 43.9 Å². The second kappa shape index (κ2) is 13.1. The molecular formula is C31H38O5. The molecule has 36 heavy (non-hydrogen) atoms. The van der Waals surface area contributed by atoms with Gasteiger partial charge in [0.05, 0.1) is 38.1 Å². The molecule has 1 unspecified atom stereocenters. The fraction of sp³-hybridized carbons (Fsp3) is 0.419. The first-order valence-electron chi connectivity index (χ1n) is 12.7. The topological polar surface area (TPSA) is 46.2 Å². The first-order chi connectivity index (χ1) is 17.5. The molecule has 0 bridgehead atoms. The molecule has 0 radical (unpaired) electrons. The van der Waals surface area contributed by atoms with Gasteiger partial charge in [0.1, 0.15) is 12.2 Å². The lowest BCUT2D eigenvalue weighted by Crippen LogP contribution is -2.54. The Kier molecular flexibility index (Phi) is 9.67. The minimum atomic E-state index is -0.410. The van der Waals surface area contributed by atoms with Gasteiger partial charge in [-0.05, 0) is 37.5 Å². The van der Waals surface area contributed by atoms with Crippen molar-refractivity contribution >= 4 is 0 Å². The van der Waals surface area contributed by atoms with Crippen LogP contribution in [0.25, 0.3) is 0 Å². The molecule has 0 amide bonds. The first kappa shape index (κ1) is 26.5. The van der Waals surface area contributed by atoms with E-state index in [1.54, 1.807) is 0 Å². The zero-order chi connectivity index (χ0) is 25.2. The van der Waals surface area contributed by atoms with Crippen molar-refractivity contribution in [1.29, 1.82) is 0 Å². The highest BCUT2D eigenvalue weighted by molar-refractivity contribution is 5.15. The van der Waals surface area contributed by atoms with E-state index in [9.17, 15) is 0 Å². The molecule has 0 saturated carbocycles. The normalized spacial score (nSPS) is 22.4. The summed E-state index contributed by atoms with van der Waals surface area (Å²) in [6.07, 6.45) is -0.671. The van der Waals surface area contributed by atoms with E-state index in [1.807, 2.05) is 75.4 Å². The van der Waals surface area contributed by atoms with Gasteiger partial charge in [0.2, 0.25) is 0 Å². The Balaban J connectivity index is 1.49. The molecule has 192 valence electrons. The molecule has 1 heterocycles. The van der Waals surface area contributed by atoms with Gasteiger partial charge in [0, 0.05) is 6.42 Å². The summed E-state index contributed by atoms with van der Waals surface area (Å²) in [6.45, 7) is 7.96. The summed E-state index contributed by atoms with van der Waals surface area (Å²) >= 11 is 0. The van der Waals surface area contributed by atoms with Crippen LogP contribution in [0.2, 0.25) is 0 Å². The highest BCUT2D eigenvalue weighted by Gasteiger charge is 2.42. The van der Waals surface area contributed by atoms with E-state index in [4.69, 9.17) is 23.7 Å². The standard InChI is InChI=1S/C31H38O5/c1-31(2,3)36-29-19-27(33-21-25-15-9-5-10-16-25)30(34-22-26-17-11-6-12-18-26)28(35-29)23-32-20-24-13-7-4-8-14-24/h4-18,27-30H,19-23H2,1-3H3/t27-,28?,29-,30-/m1/s1. The Hall–Kier alpha value is -2.54. The van der Waals surface area contributed by atoms with Crippen molar-refractivity contribution < 1.29 is 23.7 Å². The van der Waals surface area contributed by atoms with Gasteiger partial charge in [-0.1, -0.05) is 91.0 Å². The Morgan fingerprint density at radius 2 is 1.19 bits per heavy atom. The summed E-state index contributed by atoms with van der Waals surface area (Å²) in [5.74, 6) is 0. The van der Waals surface area contributed by atoms with E-state index in [0.717, 1.165) is 16.7 Å². The van der Waals surface area contributed by atoms with Crippen molar-refractivity contribution in [3.8, 4) is 0 Å². The van der Waals surface area contributed by atoms with Crippen LogP contribution in [-0.4, -0.2) is 36.8 Å². The lowest BCUT2D eigenvalue weighted by molar-refractivity contribution is -0.297. The summed E-state index contributed by atoms with van der Waals surface area (Å²) in [5, 5.41) is 0. The van der Waals surface area contributed by atoms with E-state index in [0.29, 0.717) is 32.8 Å². The zero-order valence-electron chi connectivity index (χ0n) is 21.5. The Morgan fingerprint density at radius 1 is 0.694 bits per heavy atom. The van der Waals surface area contributed by atoms with Gasteiger partial charge >= 0.3 is 0 Å². The van der Waals surface area contributed by atoms with Gasteiger partial charge < -0.3 is 23.7 Å². The van der Waals surface area contributed by atoms with Crippen molar-refractivity contribution in [2.75, 3.05) is 6.61 Å². The molecule has 4 rings (SSSR count). The molecule has 4 atom stereocenters. The van der Waals surface area contributed by atoms with Crippen LogP contribution in [0, 0.1) is 0 Å². The summed E-state index contributed by atoms with van der Waals surface area (Å²) in [4.78, 5) is 0. The van der Waals surface area contributed by atoms with E-state index in [1.165, 1.54) is 0 Å². The zero-order valence-corrected chi connectivity index (χ0v) is 21.5. The SMILES string of the molecule is CC(C)(C)O[C@@H]1C[C@@H](OCc2ccccc2)[C@@H](OCc2ccccc2)C(COCc2ccccc2)O1. The molecular weight excluding hydrogens is 452 g/mol. The molecule has 3 aromatic rings. The molecule has 5 heteroatoms. The molecule has 0 aliphatic carbocycles. The van der Waals surface area contributed by atoms with Crippen LogP contribution < -0.4 is 0 Å². The van der Waals surface area contributed by atoms with Crippen LogP contribution in [-0.2, 0) is 43.5 Å². The summed E-state index contributed by atoms with van der Waals surface area (Å²) < 4.78 is 31.7. The molecule has 5 nitrogen and oxygen atoms in total. The van der Waals surface area contributed by atoms with Gasteiger partial charge in [-0.15, -0.1) is 0 Å². The van der Waals surface area contributed by atoms with Gasteiger partial charge in [0.15, 0.2) is 6.29 Å². The van der Waals surface area contributed by atoms with Crippen LogP contribution in [0.5, 0.6) is 0 Å². The predicted octanol–water partition coefficient (Wildman–Crippen LogP) is 6.30. The number of hydrogen-bond acceptors (Lipinski definition) is 5. The van der Waals surface area contributed by atoms with E-state index in [2.05, 4.69) is 36.4 Å². The lowest BCUT2D eigenvalue weighted by Gasteiger charge is -2.43. The van der Waals surface area contributed by atoms with Crippen LogP contribution in [0.4, 0.5) is 0 Å². The average Bonchev–Trinajstić information content (AvgIpc) is 2.88. The summed E-state index contributed by atoms with van der Waals surface area (Å²) in [7, 11) is 0. The third-order valence-corrected chi connectivity index (χ3v) is 5.96. The number of benzene rings is 3. The number of hydrogen-bond donors (Lipinski definition) is 0. The van der Waals surface area contributed by atoms with Gasteiger partial charge in [-0.25, -0.2) is 0 Å². The maximum absolute atomic E-state index is 6.48. The quantitative estimate of drug-likeness (QED) is 0.315. The van der Waals surface area contributed by atoms with Crippen LogP contribution in [0.15, 0.2) is 91.0 Å². The minimum absolute atomic E-state index is 0.208. The van der Waals surface area contributed by atoms with E-state index >= 15 is 0 Å². The van der Waals surface area contributed by atoms with E-state index < -0.39 is 6.29 Å². The molecule has 1 aliphatic heterocycles. The highest BCUT2D eigenvalue weighted by Crippen LogP contribution is 2.30. The fourth-order valence-electron chi connectivity index (χ4n) is 4.28. The predicted molar refractivity (Wildman–Crippen MR) is 140 cm³/mol. The second-order valence-electron chi connectivity index (χ2n) is 10.2. The molecule has 0 N–H and O–H groups in total. The van der Waals surface area contributed by atoms with E-state index in [-0.39, 0.29) is 23.9 Å². The van der Waals surface area contributed by atoms with Gasteiger partial charge in [-0.3, -0.25) is 0 Å². The lowest BCUT2D eigenvalue weighted by atomic mass is 10.0. The van der Waals surface area contributed by atoms with Gasteiger partial charge in [-0.2, -0.15) is 0 Å². The Labute approximate surface area is 215 Å².